The maximum Gasteiger partial charge on any atom is 0.143 e. The Morgan fingerprint density at radius 3 is 3.06 bits per heavy atom. The first-order valence-electron chi connectivity index (χ1n) is 6.49. The fourth-order valence-corrected chi connectivity index (χ4v) is 3.21. The van der Waals surface area contributed by atoms with Crippen molar-refractivity contribution in [2.45, 2.75) is 31.3 Å². The van der Waals surface area contributed by atoms with Crippen LogP contribution < -0.4 is 5.32 Å². The third-order valence-electron chi connectivity index (χ3n) is 4.07. The minimum atomic E-state index is -0.441. The third kappa shape index (κ3) is 1.85. The van der Waals surface area contributed by atoms with Gasteiger partial charge in [0.05, 0.1) is 5.69 Å². The summed E-state index contributed by atoms with van der Waals surface area (Å²) in [6, 6.07) is 7.63. The zero-order valence-corrected chi connectivity index (χ0v) is 10.2. The molecule has 18 heavy (non-hydrogen) atoms. The zero-order valence-electron chi connectivity index (χ0n) is 10.2. The van der Waals surface area contributed by atoms with E-state index in [0.29, 0.717) is 17.8 Å². The highest BCUT2D eigenvalue weighted by Gasteiger charge is 2.37. The number of benzene rings is 1. The lowest BCUT2D eigenvalue weighted by molar-refractivity contribution is 0.318. The molecule has 4 heteroatoms. The lowest BCUT2D eigenvalue weighted by atomic mass is 10.1. The van der Waals surface area contributed by atoms with E-state index in [0.717, 1.165) is 13.0 Å². The van der Waals surface area contributed by atoms with Crippen LogP contribution in [0.2, 0.25) is 0 Å². The number of nitrogens with zero attached hydrogens (tertiary/aromatic N) is 2. The molecule has 0 spiro atoms. The zero-order chi connectivity index (χ0) is 12.5. The SMILES string of the molecule is N#Cc1c(F)cccc1NC1CCN2CCCC12. The molecule has 2 unspecified atom stereocenters. The summed E-state index contributed by atoms with van der Waals surface area (Å²) in [7, 11) is 0. The summed E-state index contributed by atoms with van der Waals surface area (Å²) in [6.45, 7) is 2.29. The highest BCUT2D eigenvalue weighted by molar-refractivity contribution is 5.58. The molecule has 0 radical (unpaired) electrons. The van der Waals surface area contributed by atoms with E-state index in [4.69, 9.17) is 5.26 Å². The van der Waals surface area contributed by atoms with E-state index in [-0.39, 0.29) is 5.56 Å². The minimum Gasteiger partial charge on any atom is -0.380 e. The van der Waals surface area contributed by atoms with Gasteiger partial charge in [-0.1, -0.05) is 6.07 Å². The molecule has 2 aliphatic rings. The minimum absolute atomic E-state index is 0.133. The molecule has 2 aliphatic heterocycles. The molecule has 0 saturated carbocycles. The Kier molecular flexibility index (Phi) is 2.92. The Morgan fingerprint density at radius 2 is 2.22 bits per heavy atom. The van der Waals surface area contributed by atoms with Crippen LogP contribution in [0.25, 0.3) is 0 Å². The van der Waals surface area contributed by atoms with Crippen LogP contribution in [-0.2, 0) is 0 Å². The molecule has 1 aromatic rings. The number of anilines is 1. The van der Waals surface area contributed by atoms with E-state index in [2.05, 4.69) is 10.2 Å². The van der Waals surface area contributed by atoms with E-state index < -0.39 is 5.82 Å². The smallest absolute Gasteiger partial charge is 0.143 e. The van der Waals surface area contributed by atoms with E-state index in [9.17, 15) is 4.39 Å². The van der Waals surface area contributed by atoms with Crippen molar-refractivity contribution >= 4 is 5.69 Å². The standard InChI is InChI=1S/C14H16FN3/c15-11-3-1-4-12(10(11)9-16)17-13-6-8-18-7-2-5-14(13)18/h1,3-4,13-14,17H,2,5-8H2. The second-order valence-electron chi connectivity index (χ2n) is 5.06. The van der Waals surface area contributed by atoms with Gasteiger partial charge in [0.25, 0.3) is 0 Å². The van der Waals surface area contributed by atoms with E-state index in [1.807, 2.05) is 6.07 Å². The average molecular weight is 245 g/mol. The lowest BCUT2D eigenvalue weighted by Gasteiger charge is -2.22. The van der Waals surface area contributed by atoms with Crippen molar-refractivity contribution in [1.29, 1.82) is 5.26 Å². The van der Waals surface area contributed by atoms with Crippen LogP contribution in [0.1, 0.15) is 24.8 Å². The van der Waals surface area contributed by atoms with Gasteiger partial charge in [0.15, 0.2) is 0 Å². The first-order chi connectivity index (χ1) is 8.79. The summed E-state index contributed by atoms with van der Waals surface area (Å²) in [5.74, 6) is -0.441. The van der Waals surface area contributed by atoms with Gasteiger partial charge in [-0.25, -0.2) is 4.39 Å². The first kappa shape index (κ1) is 11.5. The van der Waals surface area contributed by atoms with Crippen molar-refractivity contribution in [1.82, 2.24) is 4.90 Å². The quantitative estimate of drug-likeness (QED) is 0.869. The summed E-state index contributed by atoms with van der Waals surface area (Å²) in [5.41, 5.74) is 0.769. The molecule has 3 rings (SSSR count). The maximum atomic E-state index is 13.5. The second-order valence-corrected chi connectivity index (χ2v) is 5.06. The summed E-state index contributed by atoms with van der Waals surface area (Å²) in [4.78, 5) is 2.49. The van der Waals surface area contributed by atoms with Gasteiger partial charge < -0.3 is 5.32 Å². The summed E-state index contributed by atoms with van der Waals surface area (Å²) in [5, 5.41) is 12.4. The average Bonchev–Trinajstić information content (AvgIpc) is 2.94. The van der Waals surface area contributed by atoms with Crippen LogP contribution in [0.5, 0.6) is 0 Å². The van der Waals surface area contributed by atoms with Crippen LogP contribution in [0.15, 0.2) is 18.2 Å². The van der Waals surface area contributed by atoms with Crippen molar-refractivity contribution in [3.05, 3.63) is 29.6 Å². The van der Waals surface area contributed by atoms with Gasteiger partial charge in [-0.3, -0.25) is 4.90 Å². The van der Waals surface area contributed by atoms with Crippen molar-refractivity contribution < 1.29 is 4.39 Å². The molecular weight excluding hydrogens is 229 g/mol. The number of nitriles is 1. The Balaban J connectivity index is 1.81. The molecule has 0 amide bonds. The van der Waals surface area contributed by atoms with Crippen LogP contribution in [0.4, 0.5) is 10.1 Å². The summed E-state index contributed by atoms with van der Waals surface area (Å²) in [6.07, 6.45) is 3.53. The molecule has 2 fully saturated rings. The Morgan fingerprint density at radius 1 is 1.33 bits per heavy atom. The van der Waals surface area contributed by atoms with Crippen molar-refractivity contribution in [3.8, 4) is 6.07 Å². The van der Waals surface area contributed by atoms with Gasteiger partial charge in [-0.2, -0.15) is 5.26 Å². The molecule has 3 nitrogen and oxygen atoms in total. The van der Waals surface area contributed by atoms with Gasteiger partial charge in [-0.15, -0.1) is 0 Å². The molecule has 2 saturated heterocycles. The first-order valence-corrected chi connectivity index (χ1v) is 6.49. The number of hydrogen-bond donors (Lipinski definition) is 1. The second kappa shape index (κ2) is 4.58. The maximum absolute atomic E-state index is 13.5. The fraction of sp³-hybridized carbons (Fsp3) is 0.500. The predicted molar refractivity (Wildman–Crippen MR) is 67.7 cm³/mol. The van der Waals surface area contributed by atoms with Crippen molar-refractivity contribution in [2.24, 2.45) is 0 Å². The lowest BCUT2D eigenvalue weighted by Crippen LogP contribution is -2.34. The molecule has 1 N–H and O–H groups in total. The number of hydrogen-bond acceptors (Lipinski definition) is 3. The number of halogens is 1. The molecule has 1 aromatic carbocycles. The van der Waals surface area contributed by atoms with Crippen LogP contribution in [0, 0.1) is 17.1 Å². The van der Waals surface area contributed by atoms with Crippen LogP contribution in [0.3, 0.4) is 0 Å². The highest BCUT2D eigenvalue weighted by atomic mass is 19.1. The van der Waals surface area contributed by atoms with E-state index >= 15 is 0 Å². The normalized spacial score (nSPS) is 26.9. The molecule has 0 aromatic heterocycles. The van der Waals surface area contributed by atoms with Gasteiger partial charge in [0, 0.05) is 18.6 Å². The summed E-state index contributed by atoms with van der Waals surface area (Å²) >= 11 is 0. The van der Waals surface area contributed by atoms with Crippen molar-refractivity contribution in [2.75, 3.05) is 18.4 Å². The number of fused-ring (bicyclic) bond motifs is 1. The van der Waals surface area contributed by atoms with Crippen LogP contribution in [-0.4, -0.2) is 30.1 Å². The van der Waals surface area contributed by atoms with Gasteiger partial charge in [0.1, 0.15) is 17.4 Å². The predicted octanol–water partition coefficient (Wildman–Crippen LogP) is 2.35. The largest absolute Gasteiger partial charge is 0.380 e. The van der Waals surface area contributed by atoms with Crippen molar-refractivity contribution in [3.63, 3.8) is 0 Å². The van der Waals surface area contributed by atoms with Gasteiger partial charge in [0.2, 0.25) is 0 Å². The molecule has 0 aliphatic carbocycles. The Bertz CT molecular complexity index is 494. The third-order valence-corrected chi connectivity index (χ3v) is 4.07. The van der Waals surface area contributed by atoms with Gasteiger partial charge >= 0.3 is 0 Å². The Hall–Kier alpha value is -1.60. The molecule has 94 valence electrons. The van der Waals surface area contributed by atoms with Gasteiger partial charge in [-0.05, 0) is 37.9 Å². The molecule has 0 bridgehead atoms. The van der Waals surface area contributed by atoms with E-state index in [1.165, 1.54) is 25.5 Å². The van der Waals surface area contributed by atoms with E-state index in [1.54, 1.807) is 12.1 Å². The fourth-order valence-electron chi connectivity index (χ4n) is 3.21. The molecular formula is C14H16FN3. The summed E-state index contributed by atoms with van der Waals surface area (Å²) < 4.78 is 13.5. The highest BCUT2D eigenvalue weighted by Crippen LogP contribution is 2.31. The molecule has 2 heterocycles. The topological polar surface area (TPSA) is 39.1 Å². The Labute approximate surface area is 106 Å². The molecule has 2 atom stereocenters. The monoisotopic (exact) mass is 245 g/mol. The number of rotatable bonds is 2. The number of nitrogens with one attached hydrogen (secondary N) is 1. The van der Waals surface area contributed by atoms with Crippen LogP contribution >= 0.6 is 0 Å².